The Bertz CT molecular complexity index is 461. The smallest absolute Gasteiger partial charge is 0.283 e. The first-order valence-electron chi connectivity index (χ1n) is 5.76. The highest BCUT2D eigenvalue weighted by Gasteiger charge is 2.11. The molecular formula is C12H18BrN3OS. The molecule has 0 aliphatic heterocycles. The lowest BCUT2D eigenvalue weighted by molar-refractivity contribution is 0.647. The van der Waals surface area contributed by atoms with Crippen LogP contribution in [0, 0.1) is 0 Å². The Hall–Kier alpha value is -0.750. The van der Waals surface area contributed by atoms with Gasteiger partial charge in [0.15, 0.2) is 0 Å². The second kappa shape index (κ2) is 7.63. The van der Waals surface area contributed by atoms with Crippen molar-refractivity contribution in [2.45, 2.75) is 25.9 Å². The molecule has 0 aliphatic carbocycles. The quantitative estimate of drug-likeness (QED) is 0.780. The van der Waals surface area contributed by atoms with E-state index < -0.39 is 0 Å². The predicted molar refractivity (Wildman–Crippen MR) is 82.5 cm³/mol. The maximum atomic E-state index is 12.0. The van der Waals surface area contributed by atoms with Gasteiger partial charge in [0.1, 0.15) is 4.47 Å². The van der Waals surface area contributed by atoms with Crippen LogP contribution < -0.4 is 10.9 Å². The minimum Gasteiger partial charge on any atom is -0.379 e. The van der Waals surface area contributed by atoms with Gasteiger partial charge in [0.05, 0.1) is 18.4 Å². The van der Waals surface area contributed by atoms with Crippen LogP contribution in [0.5, 0.6) is 0 Å². The van der Waals surface area contributed by atoms with E-state index in [0.717, 1.165) is 17.9 Å². The van der Waals surface area contributed by atoms with E-state index in [9.17, 15) is 4.79 Å². The van der Waals surface area contributed by atoms with Crippen LogP contribution in [-0.4, -0.2) is 27.8 Å². The van der Waals surface area contributed by atoms with Crippen LogP contribution in [0.3, 0.4) is 0 Å². The third kappa shape index (κ3) is 3.88. The average molecular weight is 332 g/mol. The van der Waals surface area contributed by atoms with E-state index in [1.807, 2.05) is 0 Å². The van der Waals surface area contributed by atoms with E-state index in [0.29, 0.717) is 17.1 Å². The fourth-order valence-electron chi connectivity index (χ4n) is 1.50. The first kappa shape index (κ1) is 15.3. The van der Waals surface area contributed by atoms with Gasteiger partial charge in [0, 0.05) is 11.8 Å². The van der Waals surface area contributed by atoms with Crippen LogP contribution >= 0.6 is 27.7 Å². The lowest BCUT2D eigenvalue weighted by Gasteiger charge is -2.18. The van der Waals surface area contributed by atoms with E-state index in [4.69, 9.17) is 0 Å². The number of hydrogen-bond donors (Lipinski definition) is 1. The summed E-state index contributed by atoms with van der Waals surface area (Å²) in [4.78, 5) is 12.0. The van der Waals surface area contributed by atoms with Crippen LogP contribution in [0.1, 0.15) is 13.3 Å². The van der Waals surface area contributed by atoms with Gasteiger partial charge in [-0.1, -0.05) is 13.0 Å². The second-order valence-electron chi connectivity index (χ2n) is 3.85. The zero-order valence-corrected chi connectivity index (χ0v) is 13.1. The number of allylic oxidation sites excluding steroid dienone is 1. The Kier molecular flexibility index (Phi) is 6.49. The summed E-state index contributed by atoms with van der Waals surface area (Å²) in [6, 6.07) is 0.341. The number of hydrogen-bond acceptors (Lipinski definition) is 4. The topological polar surface area (TPSA) is 46.9 Å². The Morgan fingerprint density at radius 2 is 2.44 bits per heavy atom. The molecule has 1 heterocycles. The van der Waals surface area contributed by atoms with E-state index in [1.165, 1.54) is 4.68 Å². The summed E-state index contributed by atoms with van der Waals surface area (Å²) in [6.07, 6.45) is 6.40. The molecule has 1 atom stereocenters. The largest absolute Gasteiger partial charge is 0.379 e. The molecule has 100 valence electrons. The molecule has 1 aromatic heterocycles. The Labute approximate surface area is 120 Å². The maximum absolute atomic E-state index is 12.0. The van der Waals surface area contributed by atoms with E-state index in [1.54, 1.807) is 24.0 Å². The first-order valence-corrected chi connectivity index (χ1v) is 7.94. The summed E-state index contributed by atoms with van der Waals surface area (Å²) in [5.41, 5.74) is 0.611. The van der Waals surface area contributed by atoms with Crippen molar-refractivity contribution in [3.63, 3.8) is 0 Å². The minimum absolute atomic E-state index is 0.140. The minimum atomic E-state index is -0.140. The number of halogens is 1. The van der Waals surface area contributed by atoms with Gasteiger partial charge in [-0.15, -0.1) is 6.58 Å². The van der Waals surface area contributed by atoms with Gasteiger partial charge < -0.3 is 5.32 Å². The lowest BCUT2D eigenvalue weighted by atomic mass is 10.2. The first-order chi connectivity index (χ1) is 8.63. The molecule has 0 spiro atoms. The van der Waals surface area contributed by atoms with Gasteiger partial charge in [0.25, 0.3) is 5.56 Å². The zero-order chi connectivity index (χ0) is 13.5. The van der Waals surface area contributed by atoms with Crippen LogP contribution in [-0.2, 0) is 6.54 Å². The van der Waals surface area contributed by atoms with Crippen molar-refractivity contribution in [2.24, 2.45) is 0 Å². The number of nitrogens with zero attached hydrogens (tertiary/aromatic N) is 2. The number of rotatable bonds is 7. The van der Waals surface area contributed by atoms with Gasteiger partial charge in [-0.2, -0.15) is 16.9 Å². The molecular weight excluding hydrogens is 314 g/mol. The summed E-state index contributed by atoms with van der Waals surface area (Å²) in [7, 11) is 0. The van der Waals surface area contributed by atoms with Gasteiger partial charge in [-0.25, -0.2) is 4.68 Å². The highest BCUT2D eigenvalue weighted by molar-refractivity contribution is 9.10. The van der Waals surface area contributed by atoms with Crippen molar-refractivity contribution in [1.82, 2.24) is 9.78 Å². The third-order valence-corrected chi connectivity index (χ3v) is 4.01. The van der Waals surface area contributed by atoms with Gasteiger partial charge in [-0.3, -0.25) is 4.79 Å². The molecule has 1 N–H and O–H groups in total. The highest BCUT2D eigenvalue weighted by atomic mass is 79.9. The monoisotopic (exact) mass is 331 g/mol. The van der Waals surface area contributed by atoms with Crippen molar-refractivity contribution < 1.29 is 0 Å². The molecule has 4 nitrogen and oxygen atoms in total. The van der Waals surface area contributed by atoms with Gasteiger partial charge in [-0.05, 0) is 28.6 Å². The average Bonchev–Trinajstić information content (AvgIpc) is 2.37. The molecule has 18 heavy (non-hydrogen) atoms. The fourth-order valence-corrected chi connectivity index (χ4v) is 2.64. The highest BCUT2D eigenvalue weighted by Crippen LogP contribution is 2.18. The molecule has 0 fully saturated rings. The molecule has 0 aliphatic rings. The Morgan fingerprint density at radius 3 is 3.00 bits per heavy atom. The molecule has 1 rings (SSSR count). The molecule has 0 amide bonds. The van der Waals surface area contributed by atoms with Crippen LogP contribution in [0.25, 0.3) is 0 Å². The van der Waals surface area contributed by atoms with E-state index in [2.05, 4.69) is 46.1 Å². The number of thioether (sulfide) groups is 1. The van der Waals surface area contributed by atoms with Crippen molar-refractivity contribution in [1.29, 1.82) is 0 Å². The molecule has 1 aromatic rings. The number of aromatic nitrogens is 2. The Morgan fingerprint density at radius 1 is 1.72 bits per heavy atom. The number of nitrogens with one attached hydrogen (secondary N) is 1. The van der Waals surface area contributed by atoms with Crippen molar-refractivity contribution in [3.8, 4) is 0 Å². The van der Waals surface area contributed by atoms with Crippen molar-refractivity contribution >= 4 is 33.4 Å². The van der Waals surface area contributed by atoms with Gasteiger partial charge >= 0.3 is 0 Å². The standard InChI is InChI=1S/C12H18BrN3OS/c1-4-6-16-12(17)11(13)10(7-14-16)15-9(5-2)8-18-3/h4,7,9,15H,1,5-6,8H2,2-3H3. The van der Waals surface area contributed by atoms with Gasteiger partial charge in [0.2, 0.25) is 0 Å². The van der Waals surface area contributed by atoms with E-state index >= 15 is 0 Å². The zero-order valence-electron chi connectivity index (χ0n) is 10.6. The SMILES string of the molecule is C=CCn1ncc(NC(CC)CSC)c(Br)c1=O. The molecule has 0 saturated heterocycles. The Balaban J connectivity index is 2.94. The summed E-state index contributed by atoms with van der Waals surface area (Å²) in [5, 5.41) is 7.45. The molecule has 0 saturated carbocycles. The maximum Gasteiger partial charge on any atom is 0.283 e. The van der Waals surface area contributed by atoms with Crippen molar-refractivity contribution in [2.75, 3.05) is 17.3 Å². The third-order valence-electron chi connectivity index (χ3n) is 2.51. The predicted octanol–water partition coefficient (Wildman–Crippen LogP) is 2.75. The lowest BCUT2D eigenvalue weighted by Crippen LogP contribution is -2.27. The molecule has 0 aromatic carbocycles. The molecule has 6 heteroatoms. The fraction of sp³-hybridized carbons (Fsp3) is 0.500. The summed E-state index contributed by atoms with van der Waals surface area (Å²) >= 11 is 5.11. The molecule has 0 radical (unpaired) electrons. The molecule has 1 unspecified atom stereocenters. The van der Waals surface area contributed by atoms with Crippen LogP contribution in [0.4, 0.5) is 5.69 Å². The van der Waals surface area contributed by atoms with Crippen molar-refractivity contribution in [3.05, 3.63) is 33.7 Å². The summed E-state index contributed by atoms with van der Waals surface area (Å²) in [6.45, 7) is 6.14. The second-order valence-corrected chi connectivity index (χ2v) is 5.56. The number of anilines is 1. The van der Waals surface area contributed by atoms with Crippen LogP contribution in [0.15, 0.2) is 28.1 Å². The summed E-state index contributed by atoms with van der Waals surface area (Å²) < 4.78 is 1.90. The van der Waals surface area contributed by atoms with Crippen LogP contribution in [0.2, 0.25) is 0 Å². The normalized spacial score (nSPS) is 12.2. The summed E-state index contributed by atoms with van der Waals surface area (Å²) in [5.74, 6) is 0.999. The molecule has 0 bridgehead atoms. The van der Waals surface area contributed by atoms with E-state index in [-0.39, 0.29) is 5.56 Å².